The molecule has 3 rings (SSSR count). The lowest BCUT2D eigenvalue weighted by atomic mass is 9.86. The molecule has 0 saturated carbocycles. The number of nitrogens with one attached hydrogen (secondary N) is 1. The van der Waals surface area contributed by atoms with E-state index in [2.05, 4.69) is 29.6 Å². The molecule has 2 heterocycles. The first-order valence-electron chi connectivity index (χ1n) is 7.30. The van der Waals surface area contributed by atoms with Crippen LogP contribution in [0.1, 0.15) is 36.3 Å². The van der Waals surface area contributed by atoms with E-state index < -0.39 is 0 Å². The summed E-state index contributed by atoms with van der Waals surface area (Å²) in [6.45, 7) is 4.24. The van der Waals surface area contributed by atoms with Crippen molar-refractivity contribution in [3.63, 3.8) is 0 Å². The molecular formula is C16H23NO. The lowest BCUT2D eigenvalue weighted by molar-refractivity contribution is 0.193. The standard InChI is InChI=1S/C16H23NO/c1-2-6-16(15-7-9-18-12-15)14(5-1)10-13-4-3-8-17-11-13/h1-2,5-6,13,15,17H,3-4,7-12H2. The molecule has 2 unspecified atom stereocenters. The van der Waals surface area contributed by atoms with E-state index in [1.807, 2.05) is 0 Å². The minimum absolute atomic E-state index is 0.637. The highest BCUT2D eigenvalue weighted by Crippen LogP contribution is 2.30. The van der Waals surface area contributed by atoms with Crippen molar-refractivity contribution in [1.82, 2.24) is 5.32 Å². The molecule has 1 aromatic carbocycles. The summed E-state index contributed by atoms with van der Waals surface area (Å²) in [5.41, 5.74) is 3.10. The maximum Gasteiger partial charge on any atom is 0.0535 e. The Morgan fingerprint density at radius 1 is 1.22 bits per heavy atom. The molecule has 1 N–H and O–H groups in total. The quantitative estimate of drug-likeness (QED) is 0.884. The van der Waals surface area contributed by atoms with Gasteiger partial charge in [0.15, 0.2) is 0 Å². The fraction of sp³-hybridized carbons (Fsp3) is 0.625. The summed E-state index contributed by atoms with van der Waals surface area (Å²) in [4.78, 5) is 0. The van der Waals surface area contributed by atoms with Gasteiger partial charge >= 0.3 is 0 Å². The van der Waals surface area contributed by atoms with Crippen molar-refractivity contribution in [2.45, 2.75) is 31.6 Å². The third-order valence-corrected chi connectivity index (χ3v) is 4.33. The lowest BCUT2D eigenvalue weighted by Gasteiger charge is -2.24. The Kier molecular flexibility index (Phi) is 3.96. The van der Waals surface area contributed by atoms with Gasteiger partial charge in [0.25, 0.3) is 0 Å². The zero-order valence-electron chi connectivity index (χ0n) is 11.0. The molecule has 0 radical (unpaired) electrons. The second-order valence-corrected chi connectivity index (χ2v) is 5.68. The molecule has 2 aliphatic rings. The van der Waals surface area contributed by atoms with Gasteiger partial charge < -0.3 is 10.1 Å². The summed E-state index contributed by atoms with van der Waals surface area (Å²) < 4.78 is 5.54. The molecule has 2 aliphatic heterocycles. The minimum atomic E-state index is 0.637. The Labute approximate surface area is 110 Å². The lowest BCUT2D eigenvalue weighted by Crippen LogP contribution is -2.31. The average Bonchev–Trinajstić information content (AvgIpc) is 2.94. The van der Waals surface area contributed by atoms with E-state index in [0.717, 1.165) is 19.1 Å². The van der Waals surface area contributed by atoms with Gasteiger partial charge in [0.2, 0.25) is 0 Å². The summed E-state index contributed by atoms with van der Waals surface area (Å²) in [7, 11) is 0. The van der Waals surface area contributed by atoms with Gasteiger partial charge in [0.1, 0.15) is 0 Å². The fourth-order valence-corrected chi connectivity index (χ4v) is 3.31. The number of ether oxygens (including phenoxy) is 1. The summed E-state index contributed by atoms with van der Waals surface area (Å²) in [5.74, 6) is 1.46. The SMILES string of the molecule is c1ccc(C2CCOC2)c(CC2CCCNC2)c1. The van der Waals surface area contributed by atoms with Crippen LogP contribution in [-0.2, 0) is 11.2 Å². The molecule has 2 atom stereocenters. The van der Waals surface area contributed by atoms with Crippen molar-refractivity contribution >= 4 is 0 Å². The van der Waals surface area contributed by atoms with Crippen molar-refractivity contribution in [3.8, 4) is 0 Å². The van der Waals surface area contributed by atoms with Gasteiger partial charge in [-0.3, -0.25) is 0 Å². The minimum Gasteiger partial charge on any atom is -0.381 e. The van der Waals surface area contributed by atoms with E-state index in [0.29, 0.717) is 5.92 Å². The molecule has 0 amide bonds. The van der Waals surface area contributed by atoms with E-state index in [4.69, 9.17) is 4.74 Å². The second kappa shape index (κ2) is 5.85. The van der Waals surface area contributed by atoms with Crippen molar-refractivity contribution < 1.29 is 4.74 Å². The molecule has 0 spiro atoms. The van der Waals surface area contributed by atoms with Gasteiger partial charge in [-0.25, -0.2) is 0 Å². The Morgan fingerprint density at radius 2 is 2.17 bits per heavy atom. The van der Waals surface area contributed by atoms with E-state index in [-0.39, 0.29) is 0 Å². The van der Waals surface area contributed by atoms with Crippen LogP contribution < -0.4 is 5.32 Å². The van der Waals surface area contributed by atoms with Crippen LogP contribution in [0, 0.1) is 5.92 Å². The molecule has 2 saturated heterocycles. The van der Waals surface area contributed by atoms with E-state index >= 15 is 0 Å². The Bertz CT molecular complexity index is 378. The maximum absolute atomic E-state index is 5.54. The largest absolute Gasteiger partial charge is 0.381 e. The van der Waals surface area contributed by atoms with Crippen LogP contribution in [0.25, 0.3) is 0 Å². The van der Waals surface area contributed by atoms with Crippen LogP contribution >= 0.6 is 0 Å². The molecule has 0 aliphatic carbocycles. The van der Waals surface area contributed by atoms with Crippen LogP contribution in [0.5, 0.6) is 0 Å². The predicted octanol–water partition coefficient (Wildman–Crippen LogP) is 2.73. The first-order chi connectivity index (χ1) is 8.93. The number of hydrogen-bond donors (Lipinski definition) is 1. The first kappa shape index (κ1) is 12.2. The third kappa shape index (κ3) is 2.76. The van der Waals surface area contributed by atoms with Crippen LogP contribution in [-0.4, -0.2) is 26.3 Å². The zero-order valence-corrected chi connectivity index (χ0v) is 11.0. The van der Waals surface area contributed by atoms with Crippen LogP contribution in [0.15, 0.2) is 24.3 Å². The Balaban J connectivity index is 1.73. The molecule has 2 nitrogen and oxygen atoms in total. The average molecular weight is 245 g/mol. The van der Waals surface area contributed by atoms with Gasteiger partial charge in [0.05, 0.1) is 6.61 Å². The van der Waals surface area contributed by atoms with Gasteiger partial charge in [-0.1, -0.05) is 24.3 Å². The monoisotopic (exact) mass is 245 g/mol. The van der Waals surface area contributed by atoms with Gasteiger partial charge in [0, 0.05) is 12.5 Å². The Morgan fingerprint density at radius 3 is 2.94 bits per heavy atom. The molecule has 0 bridgehead atoms. The molecular weight excluding hydrogens is 222 g/mol. The summed E-state index contributed by atoms with van der Waals surface area (Å²) in [6.07, 6.45) is 5.14. The third-order valence-electron chi connectivity index (χ3n) is 4.33. The molecule has 2 heteroatoms. The van der Waals surface area contributed by atoms with Crippen LogP contribution in [0.3, 0.4) is 0 Å². The highest BCUT2D eigenvalue weighted by Gasteiger charge is 2.22. The zero-order chi connectivity index (χ0) is 12.2. The smallest absolute Gasteiger partial charge is 0.0535 e. The van der Waals surface area contributed by atoms with Gasteiger partial charge in [-0.05, 0) is 55.8 Å². The number of benzene rings is 1. The molecule has 0 aromatic heterocycles. The molecule has 1 aromatic rings. The number of piperidine rings is 1. The van der Waals surface area contributed by atoms with Crippen molar-refractivity contribution in [3.05, 3.63) is 35.4 Å². The normalized spacial score (nSPS) is 28.4. The predicted molar refractivity (Wildman–Crippen MR) is 73.9 cm³/mol. The van der Waals surface area contributed by atoms with Crippen molar-refractivity contribution in [2.24, 2.45) is 5.92 Å². The first-order valence-corrected chi connectivity index (χ1v) is 7.30. The van der Waals surface area contributed by atoms with Crippen molar-refractivity contribution in [2.75, 3.05) is 26.3 Å². The van der Waals surface area contributed by atoms with E-state index in [1.165, 1.54) is 38.8 Å². The van der Waals surface area contributed by atoms with E-state index in [1.54, 1.807) is 11.1 Å². The highest BCUT2D eigenvalue weighted by molar-refractivity contribution is 5.31. The summed E-state index contributed by atoms with van der Waals surface area (Å²) >= 11 is 0. The highest BCUT2D eigenvalue weighted by atomic mass is 16.5. The number of hydrogen-bond acceptors (Lipinski definition) is 2. The summed E-state index contributed by atoms with van der Waals surface area (Å²) in [5, 5.41) is 3.52. The van der Waals surface area contributed by atoms with E-state index in [9.17, 15) is 0 Å². The maximum atomic E-state index is 5.54. The van der Waals surface area contributed by atoms with Gasteiger partial charge in [-0.15, -0.1) is 0 Å². The van der Waals surface area contributed by atoms with Gasteiger partial charge in [-0.2, -0.15) is 0 Å². The molecule has 98 valence electrons. The topological polar surface area (TPSA) is 21.3 Å². The van der Waals surface area contributed by atoms with Crippen LogP contribution in [0.2, 0.25) is 0 Å². The fourth-order valence-electron chi connectivity index (χ4n) is 3.31. The van der Waals surface area contributed by atoms with Crippen LogP contribution in [0.4, 0.5) is 0 Å². The Hall–Kier alpha value is -0.860. The number of rotatable bonds is 3. The second-order valence-electron chi connectivity index (χ2n) is 5.68. The van der Waals surface area contributed by atoms with Crippen molar-refractivity contribution in [1.29, 1.82) is 0 Å². The molecule has 18 heavy (non-hydrogen) atoms. The molecule has 2 fully saturated rings. The summed E-state index contributed by atoms with van der Waals surface area (Å²) in [6, 6.07) is 8.99.